The maximum absolute atomic E-state index is 12.2. The first kappa shape index (κ1) is 17.6. The first-order valence-electron chi connectivity index (χ1n) is 8.51. The molecule has 4 rings (SSSR count). The van der Waals surface area contributed by atoms with Crippen molar-refractivity contribution in [1.29, 1.82) is 0 Å². The summed E-state index contributed by atoms with van der Waals surface area (Å²) in [5.74, 6) is -0.162. The lowest BCUT2D eigenvalue weighted by Gasteiger charge is -2.06. The largest absolute Gasteiger partial charge is 0.326 e. The van der Waals surface area contributed by atoms with Crippen LogP contribution in [0.3, 0.4) is 0 Å². The summed E-state index contributed by atoms with van der Waals surface area (Å²) in [7, 11) is 0. The summed E-state index contributed by atoms with van der Waals surface area (Å²) in [5.41, 5.74) is 2.64. The third-order valence-electron chi connectivity index (χ3n) is 4.06. The van der Waals surface area contributed by atoms with Crippen LogP contribution in [-0.2, 0) is 4.79 Å². The Morgan fingerprint density at radius 1 is 0.963 bits per heavy atom. The molecule has 0 atom stereocenters. The van der Waals surface area contributed by atoms with Crippen molar-refractivity contribution in [2.24, 2.45) is 0 Å². The summed E-state index contributed by atoms with van der Waals surface area (Å²) >= 11 is 3.02. The van der Waals surface area contributed by atoms with Gasteiger partial charge in [-0.1, -0.05) is 30.3 Å². The number of nitrogens with one attached hydrogen (secondary N) is 1. The van der Waals surface area contributed by atoms with Crippen LogP contribution in [0.25, 0.3) is 20.8 Å². The van der Waals surface area contributed by atoms with Gasteiger partial charge in [0, 0.05) is 24.1 Å². The molecule has 1 N–H and O–H groups in total. The molecule has 2 aromatic heterocycles. The van der Waals surface area contributed by atoms with Crippen LogP contribution in [0.1, 0.15) is 22.5 Å². The maximum atomic E-state index is 12.2. The third kappa shape index (κ3) is 4.13. The molecule has 1 amide bonds. The molecule has 0 unspecified atom stereocenters. The van der Waals surface area contributed by atoms with Gasteiger partial charge in [-0.05, 0) is 35.7 Å². The van der Waals surface area contributed by atoms with Gasteiger partial charge in [-0.3, -0.25) is 9.59 Å². The number of amides is 1. The van der Waals surface area contributed by atoms with Crippen LogP contribution in [0.2, 0.25) is 0 Å². The Labute approximate surface area is 164 Å². The number of thiophene rings is 1. The van der Waals surface area contributed by atoms with E-state index >= 15 is 0 Å². The van der Waals surface area contributed by atoms with E-state index in [1.54, 1.807) is 17.4 Å². The lowest BCUT2D eigenvalue weighted by Crippen LogP contribution is -2.13. The van der Waals surface area contributed by atoms with Crippen LogP contribution < -0.4 is 5.32 Å². The van der Waals surface area contributed by atoms with Gasteiger partial charge >= 0.3 is 0 Å². The molecule has 0 aliphatic heterocycles. The van der Waals surface area contributed by atoms with E-state index in [0.29, 0.717) is 10.6 Å². The Balaban J connectivity index is 1.43. The van der Waals surface area contributed by atoms with Crippen molar-refractivity contribution in [3.63, 3.8) is 0 Å². The molecule has 0 radical (unpaired) electrons. The average molecular weight is 393 g/mol. The van der Waals surface area contributed by atoms with Crippen molar-refractivity contribution in [2.75, 3.05) is 5.32 Å². The smallest absolute Gasteiger partial charge is 0.224 e. The highest BCUT2D eigenvalue weighted by Gasteiger charge is 2.11. The molecule has 0 saturated heterocycles. The first-order chi connectivity index (χ1) is 13.2. The highest BCUT2D eigenvalue weighted by Crippen LogP contribution is 2.31. The molecular weight excluding hydrogens is 376 g/mol. The van der Waals surface area contributed by atoms with Gasteiger partial charge in [-0.25, -0.2) is 4.98 Å². The Morgan fingerprint density at radius 2 is 1.85 bits per heavy atom. The van der Waals surface area contributed by atoms with Crippen LogP contribution in [-0.4, -0.2) is 16.7 Å². The van der Waals surface area contributed by atoms with Crippen molar-refractivity contribution in [2.45, 2.75) is 12.8 Å². The zero-order chi connectivity index (χ0) is 18.6. The molecule has 0 aliphatic carbocycles. The predicted molar refractivity (Wildman–Crippen MR) is 112 cm³/mol. The van der Waals surface area contributed by atoms with Gasteiger partial charge in [0.15, 0.2) is 5.78 Å². The van der Waals surface area contributed by atoms with Crippen molar-refractivity contribution in [3.05, 3.63) is 70.9 Å². The molecule has 2 heterocycles. The molecule has 2 aromatic carbocycles. The van der Waals surface area contributed by atoms with Crippen molar-refractivity contribution >= 4 is 50.3 Å². The first-order valence-corrected chi connectivity index (χ1v) is 10.2. The zero-order valence-corrected chi connectivity index (χ0v) is 16.0. The number of hydrogen-bond acceptors (Lipinski definition) is 5. The minimum absolute atomic E-state index is 0.00313. The molecule has 0 fully saturated rings. The van der Waals surface area contributed by atoms with Gasteiger partial charge in [-0.15, -0.1) is 22.7 Å². The second-order valence-electron chi connectivity index (χ2n) is 6.02. The van der Waals surface area contributed by atoms with E-state index < -0.39 is 0 Å². The van der Waals surface area contributed by atoms with E-state index in [1.165, 1.54) is 11.3 Å². The van der Waals surface area contributed by atoms with Crippen molar-refractivity contribution in [3.8, 4) is 10.6 Å². The van der Waals surface area contributed by atoms with Crippen LogP contribution in [0.4, 0.5) is 5.69 Å². The molecule has 27 heavy (non-hydrogen) atoms. The maximum Gasteiger partial charge on any atom is 0.224 e. The molecular formula is C21H16N2O2S2. The fraction of sp³-hybridized carbons (Fsp3) is 0.0952. The fourth-order valence-electron chi connectivity index (χ4n) is 2.74. The van der Waals surface area contributed by atoms with Gasteiger partial charge in [0.25, 0.3) is 0 Å². The number of ketones is 1. The van der Waals surface area contributed by atoms with Crippen molar-refractivity contribution in [1.82, 2.24) is 4.98 Å². The standard InChI is InChI=1S/C21H16N2O2S2/c24-17(19-9-4-12-26-19)10-11-20(25)22-15-6-3-5-14(13-15)21-23-16-7-1-2-8-18(16)27-21/h1-9,12-13H,10-11H2,(H,22,25). The Morgan fingerprint density at radius 3 is 2.67 bits per heavy atom. The summed E-state index contributed by atoms with van der Waals surface area (Å²) in [6.45, 7) is 0. The number of anilines is 1. The molecule has 4 nitrogen and oxygen atoms in total. The number of fused-ring (bicyclic) bond motifs is 1. The summed E-state index contributed by atoms with van der Waals surface area (Å²) in [5, 5.41) is 5.65. The minimum atomic E-state index is -0.165. The van der Waals surface area contributed by atoms with E-state index in [9.17, 15) is 9.59 Å². The second kappa shape index (κ2) is 7.82. The monoisotopic (exact) mass is 392 g/mol. The fourth-order valence-corrected chi connectivity index (χ4v) is 4.39. The number of para-hydroxylation sites is 1. The number of benzene rings is 2. The SMILES string of the molecule is O=C(CCC(=O)c1cccs1)Nc1cccc(-c2nc3ccccc3s2)c1. The summed E-state index contributed by atoms with van der Waals surface area (Å²) in [6.07, 6.45) is 0.381. The minimum Gasteiger partial charge on any atom is -0.326 e. The van der Waals surface area contributed by atoms with Crippen molar-refractivity contribution < 1.29 is 9.59 Å². The van der Waals surface area contributed by atoms with E-state index in [-0.39, 0.29) is 24.5 Å². The van der Waals surface area contributed by atoms with Crippen LogP contribution >= 0.6 is 22.7 Å². The van der Waals surface area contributed by atoms with Gasteiger partial charge in [0.1, 0.15) is 5.01 Å². The predicted octanol–water partition coefficient (Wildman–Crippen LogP) is 5.63. The number of hydrogen-bond donors (Lipinski definition) is 1. The quantitative estimate of drug-likeness (QED) is 0.433. The molecule has 0 spiro atoms. The zero-order valence-electron chi connectivity index (χ0n) is 14.3. The van der Waals surface area contributed by atoms with Gasteiger partial charge < -0.3 is 5.32 Å². The highest BCUT2D eigenvalue weighted by molar-refractivity contribution is 7.21. The number of aromatic nitrogens is 1. The van der Waals surface area contributed by atoms with Crippen LogP contribution in [0.5, 0.6) is 0 Å². The molecule has 134 valence electrons. The van der Waals surface area contributed by atoms with Crippen LogP contribution in [0, 0.1) is 0 Å². The van der Waals surface area contributed by atoms with Gasteiger partial charge in [0.2, 0.25) is 5.91 Å². The molecule has 4 aromatic rings. The van der Waals surface area contributed by atoms with Gasteiger partial charge in [-0.2, -0.15) is 0 Å². The molecule has 0 saturated carbocycles. The Kier molecular flexibility index (Phi) is 5.09. The van der Waals surface area contributed by atoms with E-state index in [2.05, 4.69) is 10.3 Å². The molecule has 0 bridgehead atoms. The number of carbonyl (C=O) groups is 2. The number of Topliss-reactive ketones (excluding diaryl/α,β-unsaturated/α-hetero) is 1. The number of thiazole rings is 1. The Hall–Kier alpha value is -2.83. The summed E-state index contributed by atoms with van der Waals surface area (Å²) in [6, 6.07) is 19.3. The number of carbonyl (C=O) groups excluding carboxylic acids is 2. The summed E-state index contributed by atoms with van der Waals surface area (Å²) in [4.78, 5) is 29.6. The lowest BCUT2D eigenvalue weighted by molar-refractivity contribution is -0.116. The summed E-state index contributed by atoms with van der Waals surface area (Å²) < 4.78 is 1.13. The topological polar surface area (TPSA) is 59.1 Å². The van der Waals surface area contributed by atoms with Gasteiger partial charge in [0.05, 0.1) is 15.1 Å². The molecule has 0 aliphatic rings. The third-order valence-corrected chi connectivity index (χ3v) is 6.06. The normalized spacial score (nSPS) is 10.8. The lowest BCUT2D eigenvalue weighted by atomic mass is 10.1. The van der Waals surface area contributed by atoms with E-state index in [1.807, 2.05) is 60.0 Å². The van der Waals surface area contributed by atoms with E-state index in [0.717, 1.165) is 20.8 Å². The highest BCUT2D eigenvalue weighted by atomic mass is 32.1. The van der Waals surface area contributed by atoms with E-state index in [4.69, 9.17) is 0 Å². The number of rotatable bonds is 6. The average Bonchev–Trinajstić information content (AvgIpc) is 3.36. The Bertz CT molecular complexity index is 1070. The molecule has 6 heteroatoms. The van der Waals surface area contributed by atoms with Crippen LogP contribution in [0.15, 0.2) is 66.0 Å². The second-order valence-corrected chi connectivity index (χ2v) is 7.99. The number of nitrogens with zero attached hydrogens (tertiary/aromatic N) is 1.